The van der Waals surface area contributed by atoms with Crippen molar-refractivity contribution >= 4 is 5.91 Å². The molecule has 0 aromatic heterocycles. The van der Waals surface area contributed by atoms with Gasteiger partial charge in [-0.05, 0) is 26.0 Å². The molecule has 1 amide bonds. The number of nitrogens with zero attached hydrogens (tertiary/aromatic N) is 1. The number of alkyl halides is 2. The standard InChI is InChI=1S/C14H19F2NO3/c1-10-3-5-12(6-4-10)20-11(2)14(19)17(7-8-18)9-13(15)16/h3-6,11,13,18H,7-9H2,1-2H3. The van der Waals surface area contributed by atoms with Crippen LogP contribution in [0.4, 0.5) is 8.78 Å². The second-order valence-corrected chi connectivity index (χ2v) is 4.47. The highest BCUT2D eigenvalue weighted by molar-refractivity contribution is 5.80. The first-order valence-corrected chi connectivity index (χ1v) is 6.35. The summed E-state index contributed by atoms with van der Waals surface area (Å²) in [7, 11) is 0. The van der Waals surface area contributed by atoms with E-state index in [0.717, 1.165) is 10.5 Å². The highest BCUT2D eigenvalue weighted by Gasteiger charge is 2.24. The molecule has 0 radical (unpaired) electrons. The summed E-state index contributed by atoms with van der Waals surface area (Å²) in [6.45, 7) is 2.21. The fourth-order valence-corrected chi connectivity index (χ4v) is 1.71. The average molecular weight is 287 g/mol. The SMILES string of the molecule is Cc1ccc(OC(C)C(=O)N(CCO)CC(F)F)cc1. The summed E-state index contributed by atoms with van der Waals surface area (Å²) in [4.78, 5) is 12.9. The van der Waals surface area contributed by atoms with E-state index in [1.165, 1.54) is 6.92 Å². The minimum absolute atomic E-state index is 0.134. The van der Waals surface area contributed by atoms with E-state index in [9.17, 15) is 13.6 Å². The Bertz CT molecular complexity index is 423. The van der Waals surface area contributed by atoms with Crippen LogP contribution in [0.2, 0.25) is 0 Å². The lowest BCUT2D eigenvalue weighted by Gasteiger charge is -2.25. The van der Waals surface area contributed by atoms with Crippen molar-refractivity contribution in [3.63, 3.8) is 0 Å². The third-order valence-electron chi connectivity index (χ3n) is 2.72. The maximum Gasteiger partial charge on any atom is 0.263 e. The topological polar surface area (TPSA) is 49.8 Å². The number of benzene rings is 1. The highest BCUT2D eigenvalue weighted by Crippen LogP contribution is 2.14. The molecular formula is C14H19F2NO3. The van der Waals surface area contributed by atoms with Gasteiger partial charge < -0.3 is 14.7 Å². The predicted molar refractivity (Wildman–Crippen MR) is 70.9 cm³/mol. The largest absolute Gasteiger partial charge is 0.481 e. The van der Waals surface area contributed by atoms with Crippen molar-refractivity contribution in [2.24, 2.45) is 0 Å². The first kappa shape index (κ1) is 16.4. The normalized spacial score (nSPS) is 12.3. The molecule has 20 heavy (non-hydrogen) atoms. The monoisotopic (exact) mass is 287 g/mol. The van der Waals surface area contributed by atoms with Gasteiger partial charge in [0, 0.05) is 6.54 Å². The Morgan fingerprint density at radius 2 is 1.95 bits per heavy atom. The Kier molecular flexibility index (Phi) is 6.38. The summed E-state index contributed by atoms with van der Waals surface area (Å²) >= 11 is 0. The summed E-state index contributed by atoms with van der Waals surface area (Å²) in [5, 5.41) is 8.82. The minimum atomic E-state index is -2.64. The van der Waals surface area contributed by atoms with Gasteiger partial charge in [-0.3, -0.25) is 4.79 Å². The molecule has 0 saturated heterocycles. The van der Waals surface area contributed by atoms with Gasteiger partial charge in [-0.25, -0.2) is 8.78 Å². The number of aryl methyl sites for hydroxylation is 1. The second kappa shape index (κ2) is 7.79. The molecule has 0 spiro atoms. The number of hydrogen-bond donors (Lipinski definition) is 1. The smallest absolute Gasteiger partial charge is 0.263 e. The van der Waals surface area contributed by atoms with Gasteiger partial charge in [0.25, 0.3) is 12.3 Å². The van der Waals surface area contributed by atoms with E-state index in [4.69, 9.17) is 9.84 Å². The van der Waals surface area contributed by atoms with Crippen molar-refractivity contribution in [2.75, 3.05) is 19.7 Å². The van der Waals surface area contributed by atoms with Crippen molar-refractivity contribution in [1.82, 2.24) is 4.90 Å². The van der Waals surface area contributed by atoms with Crippen LogP contribution in [0.1, 0.15) is 12.5 Å². The summed E-state index contributed by atoms with van der Waals surface area (Å²) < 4.78 is 30.2. The lowest BCUT2D eigenvalue weighted by Crippen LogP contribution is -2.44. The molecule has 6 heteroatoms. The third-order valence-corrected chi connectivity index (χ3v) is 2.72. The van der Waals surface area contributed by atoms with Crippen molar-refractivity contribution in [3.05, 3.63) is 29.8 Å². The molecule has 1 rings (SSSR count). The van der Waals surface area contributed by atoms with Crippen LogP contribution in [0.3, 0.4) is 0 Å². The Balaban J connectivity index is 2.65. The Hall–Kier alpha value is -1.69. The molecule has 4 nitrogen and oxygen atoms in total. The van der Waals surface area contributed by atoms with Gasteiger partial charge in [-0.1, -0.05) is 17.7 Å². The van der Waals surface area contributed by atoms with Gasteiger partial charge in [-0.15, -0.1) is 0 Å². The van der Waals surface area contributed by atoms with E-state index in [1.54, 1.807) is 12.1 Å². The molecule has 1 N–H and O–H groups in total. The van der Waals surface area contributed by atoms with Crippen LogP contribution in [0.25, 0.3) is 0 Å². The Labute approximate surface area is 117 Å². The quantitative estimate of drug-likeness (QED) is 0.832. The molecule has 1 aromatic carbocycles. The van der Waals surface area contributed by atoms with Crippen molar-refractivity contribution in [2.45, 2.75) is 26.4 Å². The molecule has 0 bridgehead atoms. The molecule has 0 aliphatic rings. The molecule has 1 unspecified atom stereocenters. The van der Waals surface area contributed by atoms with E-state index < -0.39 is 25.0 Å². The van der Waals surface area contributed by atoms with Gasteiger partial charge in [0.05, 0.1) is 13.2 Å². The van der Waals surface area contributed by atoms with E-state index >= 15 is 0 Å². The molecular weight excluding hydrogens is 268 g/mol. The summed E-state index contributed by atoms with van der Waals surface area (Å²) in [6.07, 6.45) is -3.53. The van der Waals surface area contributed by atoms with Gasteiger partial charge >= 0.3 is 0 Å². The molecule has 0 fully saturated rings. The van der Waals surface area contributed by atoms with Crippen LogP contribution >= 0.6 is 0 Å². The van der Waals surface area contributed by atoms with Crippen molar-refractivity contribution < 1.29 is 23.4 Å². The lowest BCUT2D eigenvalue weighted by molar-refractivity contribution is -0.140. The zero-order valence-electron chi connectivity index (χ0n) is 11.6. The zero-order valence-corrected chi connectivity index (χ0v) is 11.6. The van der Waals surface area contributed by atoms with Crippen LogP contribution in [0.15, 0.2) is 24.3 Å². The van der Waals surface area contributed by atoms with Crippen LogP contribution in [-0.4, -0.2) is 48.1 Å². The molecule has 0 saturated carbocycles. The molecule has 112 valence electrons. The average Bonchev–Trinajstić information content (AvgIpc) is 2.39. The van der Waals surface area contributed by atoms with E-state index in [-0.39, 0.29) is 13.2 Å². The number of carbonyl (C=O) groups is 1. The van der Waals surface area contributed by atoms with Gasteiger partial charge in [0.2, 0.25) is 0 Å². The van der Waals surface area contributed by atoms with Crippen LogP contribution in [0.5, 0.6) is 5.75 Å². The van der Waals surface area contributed by atoms with E-state index in [1.807, 2.05) is 19.1 Å². The fourth-order valence-electron chi connectivity index (χ4n) is 1.71. The third kappa shape index (κ3) is 5.13. The molecule has 0 aliphatic carbocycles. The maximum absolute atomic E-state index is 12.4. The number of hydrogen-bond acceptors (Lipinski definition) is 3. The van der Waals surface area contributed by atoms with E-state index in [0.29, 0.717) is 5.75 Å². The zero-order chi connectivity index (χ0) is 15.1. The summed E-state index contributed by atoms with van der Waals surface area (Å²) in [6, 6.07) is 7.08. The summed E-state index contributed by atoms with van der Waals surface area (Å²) in [5.41, 5.74) is 1.05. The van der Waals surface area contributed by atoms with Gasteiger partial charge in [0.1, 0.15) is 5.75 Å². The van der Waals surface area contributed by atoms with Crippen LogP contribution in [0, 0.1) is 6.92 Å². The summed E-state index contributed by atoms with van der Waals surface area (Å²) in [5.74, 6) is -0.0719. The number of aliphatic hydroxyl groups is 1. The van der Waals surface area contributed by atoms with Gasteiger partial charge in [0.15, 0.2) is 6.10 Å². The molecule has 1 aromatic rings. The number of ether oxygens (including phenoxy) is 1. The predicted octanol–water partition coefficient (Wildman–Crippen LogP) is 1.85. The Morgan fingerprint density at radius 1 is 1.35 bits per heavy atom. The minimum Gasteiger partial charge on any atom is -0.481 e. The Morgan fingerprint density at radius 3 is 2.45 bits per heavy atom. The van der Waals surface area contributed by atoms with Crippen molar-refractivity contribution in [1.29, 1.82) is 0 Å². The second-order valence-electron chi connectivity index (χ2n) is 4.47. The first-order chi connectivity index (χ1) is 9.43. The number of halogens is 2. The van der Waals surface area contributed by atoms with E-state index in [2.05, 4.69) is 0 Å². The number of amides is 1. The lowest BCUT2D eigenvalue weighted by atomic mass is 10.2. The molecule has 0 aliphatic heterocycles. The number of rotatable bonds is 7. The maximum atomic E-state index is 12.4. The highest BCUT2D eigenvalue weighted by atomic mass is 19.3. The van der Waals surface area contributed by atoms with Crippen LogP contribution in [-0.2, 0) is 4.79 Å². The van der Waals surface area contributed by atoms with Crippen molar-refractivity contribution in [3.8, 4) is 5.75 Å². The molecule has 1 atom stereocenters. The van der Waals surface area contributed by atoms with Crippen LogP contribution < -0.4 is 4.74 Å². The number of carbonyl (C=O) groups excluding carboxylic acids is 1. The first-order valence-electron chi connectivity index (χ1n) is 6.35. The molecule has 0 heterocycles. The fraction of sp³-hybridized carbons (Fsp3) is 0.500. The number of aliphatic hydroxyl groups excluding tert-OH is 1. The van der Waals surface area contributed by atoms with Gasteiger partial charge in [-0.2, -0.15) is 0 Å².